The van der Waals surface area contributed by atoms with Crippen LogP contribution in [0.15, 0.2) is 42.5 Å². The number of ether oxygens (including phenoxy) is 3. The van der Waals surface area contributed by atoms with Crippen LogP contribution in [-0.4, -0.2) is 44.5 Å². The summed E-state index contributed by atoms with van der Waals surface area (Å²) in [4.78, 5) is 12.9. The highest BCUT2D eigenvalue weighted by Gasteiger charge is 2.45. The summed E-state index contributed by atoms with van der Waals surface area (Å²) >= 11 is 0. The van der Waals surface area contributed by atoms with Crippen molar-refractivity contribution in [1.29, 1.82) is 0 Å². The Morgan fingerprint density at radius 3 is 2.29 bits per heavy atom. The number of rotatable bonds is 10. The van der Waals surface area contributed by atoms with E-state index < -0.39 is 20.2 Å². The molecule has 2 unspecified atom stereocenters. The first-order chi connectivity index (χ1) is 15.7. The first-order valence-electron chi connectivity index (χ1n) is 12.6. The lowest BCUT2D eigenvalue weighted by Gasteiger charge is -2.39. The fourth-order valence-corrected chi connectivity index (χ4v) is 5.32. The van der Waals surface area contributed by atoms with E-state index in [1.807, 2.05) is 38.1 Å². The second-order valence-corrected chi connectivity index (χ2v) is 16.2. The van der Waals surface area contributed by atoms with Crippen molar-refractivity contribution in [3.05, 3.63) is 48.0 Å². The molecule has 0 saturated carbocycles. The zero-order chi connectivity index (χ0) is 25.7. The van der Waals surface area contributed by atoms with Gasteiger partial charge in [-0.1, -0.05) is 65.3 Å². The molecule has 1 saturated heterocycles. The van der Waals surface area contributed by atoms with Crippen molar-refractivity contribution in [2.24, 2.45) is 5.92 Å². The topological polar surface area (TPSA) is 54.0 Å². The number of hydrogen-bond acceptors (Lipinski definition) is 5. The Morgan fingerprint density at radius 1 is 1.12 bits per heavy atom. The normalized spacial score (nSPS) is 23.6. The third-order valence-electron chi connectivity index (χ3n) is 7.00. The molecule has 6 heteroatoms. The fraction of sp³-hybridized carbons (Fsp3) is 0.679. The minimum absolute atomic E-state index is 0.0474. The molecule has 1 aromatic rings. The molecule has 0 bridgehead atoms. The molecular weight excluding hydrogens is 444 g/mol. The van der Waals surface area contributed by atoms with Gasteiger partial charge in [-0.05, 0) is 69.5 Å². The van der Waals surface area contributed by atoms with Crippen LogP contribution in [0.4, 0.5) is 0 Å². The highest BCUT2D eigenvalue weighted by molar-refractivity contribution is 6.74. The average molecular weight is 491 g/mol. The van der Waals surface area contributed by atoms with Crippen LogP contribution in [0.2, 0.25) is 18.1 Å². The van der Waals surface area contributed by atoms with Crippen molar-refractivity contribution >= 4 is 14.3 Å². The van der Waals surface area contributed by atoms with Crippen LogP contribution in [0.5, 0.6) is 0 Å². The Hall–Kier alpha value is -1.47. The van der Waals surface area contributed by atoms with E-state index in [-0.39, 0.29) is 35.2 Å². The van der Waals surface area contributed by atoms with Gasteiger partial charge in [0.1, 0.15) is 12.2 Å². The van der Waals surface area contributed by atoms with Crippen molar-refractivity contribution in [3.63, 3.8) is 0 Å². The van der Waals surface area contributed by atoms with E-state index in [1.165, 1.54) is 0 Å². The second kappa shape index (κ2) is 11.5. The molecule has 1 aliphatic heterocycles. The zero-order valence-electron chi connectivity index (χ0n) is 22.9. The van der Waals surface area contributed by atoms with Gasteiger partial charge < -0.3 is 18.6 Å². The van der Waals surface area contributed by atoms with Gasteiger partial charge in [-0.3, -0.25) is 0 Å². The summed E-state index contributed by atoms with van der Waals surface area (Å²) in [6.45, 7) is 21.5. The van der Waals surface area contributed by atoms with Gasteiger partial charge in [0.2, 0.25) is 0 Å². The van der Waals surface area contributed by atoms with E-state index in [4.69, 9.17) is 18.6 Å². The van der Waals surface area contributed by atoms with Crippen molar-refractivity contribution < 1.29 is 23.4 Å². The van der Waals surface area contributed by atoms with Crippen LogP contribution in [0.1, 0.15) is 78.6 Å². The van der Waals surface area contributed by atoms with E-state index in [0.717, 1.165) is 12.8 Å². The van der Waals surface area contributed by atoms with Crippen LogP contribution in [0.25, 0.3) is 0 Å². The molecule has 34 heavy (non-hydrogen) atoms. The molecule has 2 rings (SSSR count). The van der Waals surface area contributed by atoms with Gasteiger partial charge in [-0.15, -0.1) is 0 Å². The maximum absolute atomic E-state index is 12.9. The quantitative estimate of drug-likeness (QED) is 0.198. The smallest absolute Gasteiger partial charge is 0.338 e. The highest BCUT2D eigenvalue weighted by atomic mass is 28.4. The van der Waals surface area contributed by atoms with Crippen LogP contribution < -0.4 is 0 Å². The zero-order valence-corrected chi connectivity index (χ0v) is 23.9. The van der Waals surface area contributed by atoms with E-state index in [0.29, 0.717) is 5.56 Å². The summed E-state index contributed by atoms with van der Waals surface area (Å²) in [5, 5.41) is 0.145. The number of esters is 1. The minimum atomic E-state index is -1.89. The van der Waals surface area contributed by atoms with Crippen molar-refractivity contribution in [1.82, 2.24) is 0 Å². The van der Waals surface area contributed by atoms with Gasteiger partial charge in [0, 0.05) is 6.10 Å². The molecule has 0 aromatic heterocycles. The molecule has 1 heterocycles. The van der Waals surface area contributed by atoms with Gasteiger partial charge in [-0.25, -0.2) is 4.79 Å². The van der Waals surface area contributed by atoms with Crippen LogP contribution in [0.3, 0.4) is 0 Å². The van der Waals surface area contributed by atoms with E-state index in [9.17, 15) is 4.79 Å². The molecular formula is C28H46O5Si. The second-order valence-electron chi connectivity index (χ2n) is 11.5. The predicted octanol–water partition coefficient (Wildman–Crippen LogP) is 7.13. The monoisotopic (exact) mass is 490 g/mol. The summed E-state index contributed by atoms with van der Waals surface area (Å²) in [6.07, 6.45) is 4.82. The summed E-state index contributed by atoms with van der Waals surface area (Å²) in [6, 6.07) is 9.08. The standard InChI is InChI=1S/C28H46O5Si/c1-11-15-24-25(32-28(7,8)31-24)23(30-26(29)22-16-13-12-14-17-22)19-18-20(2)21(3)33-34(9,10)27(4,5)6/h12-14,16-21,23-25H,11,15H2,1-10H3/b19-18-/t20-,21?,23?,24+,25-/m1/s1. The Bertz CT molecular complexity index is 812. The summed E-state index contributed by atoms with van der Waals surface area (Å²) in [7, 11) is -1.89. The van der Waals surface area contributed by atoms with Gasteiger partial charge in [0.25, 0.3) is 0 Å². The predicted molar refractivity (Wildman–Crippen MR) is 140 cm³/mol. The third-order valence-corrected chi connectivity index (χ3v) is 11.6. The SMILES string of the molecule is CCC[C@@H]1OC(C)(C)O[C@@H]1C(/C=C\[C@@H](C)C(C)O[Si](C)(C)C(C)(C)C)OC(=O)c1ccccc1. The Morgan fingerprint density at radius 2 is 1.74 bits per heavy atom. The number of carbonyl (C=O) groups excluding carboxylic acids is 1. The lowest BCUT2D eigenvalue weighted by Crippen LogP contribution is -2.44. The summed E-state index contributed by atoms with van der Waals surface area (Å²) in [5.41, 5.74) is 0.522. The first-order valence-corrected chi connectivity index (χ1v) is 15.6. The van der Waals surface area contributed by atoms with E-state index in [1.54, 1.807) is 12.1 Å². The molecule has 0 amide bonds. The molecule has 5 nitrogen and oxygen atoms in total. The molecule has 0 spiro atoms. The van der Waals surface area contributed by atoms with Crippen molar-refractivity contribution in [2.45, 2.75) is 117 Å². The molecule has 0 aliphatic carbocycles. The van der Waals surface area contributed by atoms with Gasteiger partial charge >= 0.3 is 5.97 Å². The Kier molecular flexibility index (Phi) is 9.74. The third kappa shape index (κ3) is 7.77. The fourth-order valence-electron chi connectivity index (χ4n) is 3.82. The molecule has 0 radical (unpaired) electrons. The number of hydrogen-bond donors (Lipinski definition) is 0. The highest BCUT2D eigenvalue weighted by Crippen LogP contribution is 2.38. The van der Waals surface area contributed by atoms with Crippen LogP contribution in [-0.2, 0) is 18.6 Å². The molecule has 1 fully saturated rings. The lowest BCUT2D eigenvalue weighted by molar-refractivity contribution is -0.153. The minimum Gasteiger partial charge on any atom is -0.452 e. The van der Waals surface area contributed by atoms with Gasteiger partial charge in [-0.2, -0.15) is 0 Å². The van der Waals surface area contributed by atoms with Gasteiger partial charge in [0.05, 0.1) is 11.7 Å². The van der Waals surface area contributed by atoms with Crippen molar-refractivity contribution in [2.75, 3.05) is 0 Å². The van der Waals surface area contributed by atoms with Crippen LogP contribution in [0, 0.1) is 5.92 Å². The molecule has 0 N–H and O–H groups in total. The maximum atomic E-state index is 12.9. The first kappa shape index (κ1) is 28.8. The van der Waals surface area contributed by atoms with Crippen molar-refractivity contribution in [3.8, 4) is 0 Å². The van der Waals surface area contributed by atoms with E-state index >= 15 is 0 Å². The lowest BCUT2D eigenvalue weighted by atomic mass is 10.00. The number of benzene rings is 1. The van der Waals surface area contributed by atoms with Gasteiger partial charge in [0.15, 0.2) is 14.1 Å². The Balaban J connectivity index is 2.24. The summed E-state index contributed by atoms with van der Waals surface area (Å²) in [5.74, 6) is -0.941. The number of carbonyl (C=O) groups is 1. The maximum Gasteiger partial charge on any atom is 0.338 e. The average Bonchev–Trinajstić information content (AvgIpc) is 3.04. The largest absolute Gasteiger partial charge is 0.452 e. The molecule has 5 atom stereocenters. The Labute approximate surface area is 208 Å². The van der Waals surface area contributed by atoms with E-state index in [2.05, 4.69) is 60.7 Å². The molecule has 192 valence electrons. The molecule has 1 aliphatic rings. The van der Waals surface area contributed by atoms with Crippen LogP contribution >= 0.6 is 0 Å². The molecule has 1 aromatic carbocycles. The summed E-state index contributed by atoms with van der Waals surface area (Å²) < 4.78 is 25.0.